The van der Waals surface area contributed by atoms with Crippen LogP contribution in [0.5, 0.6) is 23.0 Å². The van der Waals surface area contributed by atoms with Crippen LogP contribution in [0.1, 0.15) is 11.1 Å². The van der Waals surface area contributed by atoms with Crippen molar-refractivity contribution in [2.75, 3.05) is 21.3 Å². The van der Waals surface area contributed by atoms with Gasteiger partial charge in [0.25, 0.3) is 0 Å². The Morgan fingerprint density at radius 1 is 0.879 bits per heavy atom. The Bertz CT molecular complexity index is 1400. The first-order valence-electron chi connectivity index (χ1n) is 9.99. The first kappa shape index (κ1) is 22.3. The van der Waals surface area contributed by atoms with Gasteiger partial charge in [0.2, 0.25) is 11.2 Å². The van der Waals surface area contributed by atoms with Gasteiger partial charge in [-0.05, 0) is 47.5 Å². The summed E-state index contributed by atoms with van der Waals surface area (Å²) in [6.07, 6.45) is 3.71. The van der Waals surface area contributed by atoms with Gasteiger partial charge in [0, 0.05) is 11.1 Å². The van der Waals surface area contributed by atoms with Crippen molar-refractivity contribution in [3.05, 3.63) is 81.0 Å². The van der Waals surface area contributed by atoms with E-state index >= 15 is 0 Å². The summed E-state index contributed by atoms with van der Waals surface area (Å²) in [5.41, 5.74) is 1.66. The maximum absolute atomic E-state index is 12.9. The van der Waals surface area contributed by atoms with E-state index in [1.807, 2.05) is 36.4 Å². The van der Waals surface area contributed by atoms with Crippen LogP contribution in [0.15, 0.2) is 63.8 Å². The Hall–Kier alpha value is -3.90. The molecule has 7 heteroatoms. The molecule has 1 aromatic heterocycles. The number of ether oxygens (including phenoxy) is 3. The first-order valence-corrected chi connectivity index (χ1v) is 10.4. The van der Waals surface area contributed by atoms with Crippen LogP contribution in [-0.2, 0) is 0 Å². The second kappa shape index (κ2) is 9.30. The molecule has 1 heterocycles. The highest BCUT2D eigenvalue weighted by atomic mass is 35.5. The van der Waals surface area contributed by atoms with Crippen molar-refractivity contribution in [3.63, 3.8) is 0 Å². The number of aromatic hydroxyl groups is 1. The van der Waals surface area contributed by atoms with E-state index in [1.165, 1.54) is 13.2 Å². The Kier molecular flexibility index (Phi) is 6.29. The highest BCUT2D eigenvalue weighted by Crippen LogP contribution is 2.42. The van der Waals surface area contributed by atoms with Gasteiger partial charge in [-0.2, -0.15) is 0 Å². The molecule has 0 aliphatic rings. The van der Waals surface area contributed by atoms with Crippen molar-refractivity contribution in [3.8, 4) is 34.3 Å². The molecule has 0 fully saturated rings. The minimum atomic E-state index is -0.586. The van der Waals surface area contributed by atoms with Crippen molar-refractivity contribution in [2.45, 2.75) is 0 Å². The van der Waals surface area contributed by atoms with Gasteiger partial charge in [-0.3, -0.25) is 4.79 Å². The molecule has 0 bridgehead atoms. The van der Waals surface area contributed by atoms with Gasteiger partial charge in [0.1, 0.15) is 22.8 Å². The van der Waals surface area contributed by atoms with Crippen molar-refractivity contribution in [2.24, 2.45) is 0 Å². The third-order valence-electron chi connectivity index (χ3n) is 5.19. The number of fused-ring (bicyclic) bond motifs is 1. The molecule has 168 valence electrons. The number of hydrogen-bond acceptors (Lipinski definition) is 6. The largest absolute Gasteiger partial charge is 0.502 e. The van der Waals surface area contributed by atoms with Crippen LogP contribution in [0.4, 0.5) is 0 Å². The molecule has 33 heavy (non-hydrogen) atoms. The Balaban J connectivity index is 1.94. The molecule has 4 rings (SSSR count). The highest BCUT2D eigenvalue weighted by molar-refractivity contribution is 6.31. The molecule has 0 spiro atoms. The lowest BCUT2D eigenvalue weighted by Gasteiger charge is -2.15. The lowest BCUT2D eigenvalue weighted by Crippen LogP contribution is -2.04. The Morgan fingerprint density at radius 3 is 2.27 bits per heavy atom. The molecule has 0 saturated carbocycles. The Labute approximate surface area is 195 Å². The number of hydrogen-bond donors (Lipinski definition) is 1. The van der Waals surface area contributed by atoms with E-state index in [9.17, 15) is 9.90 Å². The number of halogens is 1. The molecule has 1 N–H and O–H groups in total. The molecule has 3 aromatic carbocycles. The SMILES string of the molecule is COc1ccc(/C=C/c2cc(OC)cc(OC)c2-c2oc3ccc(Cl)cc3c(=O)c2O)cc1. The van der Waals surface area contributed by atoms with E-state index in [4.69, 9.17) is 30.2 Å². The minimum Gasteiger partial charge on any atom is -0.502 e. The summed E-state index contributed by atoms with van der Waals surface area (Å²) >= 11 is 6.01. The zero-order valence-electron chi connectivity index (χ0n) is 18.2. The number of rotatable bonds is 6. The van der Waals surface area contributed by atoms with Crippen LogP contribution in [-0.4, -0.2) is 26.4 Å². The van der Waals surface area contributed by atoms with E-state index in [-0.39, 0.29) is 11.1 Å². The summed E-state index contributed by atoms with van der Waals surface area (Å²) in [6.45, 7) is 0. The lowest BCUT2D eigenvalue weighted by molar-refractivity contribution is 0.393. The fourth-order valence-corrected chi connectivity index (χ4v) is 3.66. The van der Waals surface area contributed by atoms with Crippen LogP contribution in [0.2, 0.25) is 5.02 Å². The zero-order chi connectivity index (χ0) is 23.5. The van der Waals surface area contributed by atoms with Crippen molar-refractivity contribution >= 4 is 34.7 Å². The molecule has 0 amide bonds. The maximum atomic E-state index is 12.9. The van der Waals surface area contributed by atoms with Gasteiger partial charge in [-0.1, -0.05) is 35.9 Å². The molecule has 4 aromatic rings. The second-order valence-electron chi connectivity index (χ2n) is 7.15. The summed E-state index contributed by atoms with van der Waals surface area (Å²) in [6, 6.07) is 15.6. The average molecular weight is 465 g/mol. The monoisotopic (exact) mass is 464 g/mol. The highest BCUT2D eigenvalue weighted by Gasteiger charge is 2.22. The molecule has 0 radical (unpaired) electrons. The van der Waals surface area contributed by atoms with E-state index in [2.05, 4.69) is 0 Å². The maximum Gasteiger partial charge on any atom is 0.235 e. The van der Waals surface area contributed by atoms with Crippen LogP contribution >= 0.6 is 11.6 Å². The van der Waals surface area contributed by atoms with Gasteiger partial charge in [-0.15, -0.1) is 0 Å². The molecular weight excluding hydrogens is 444 g/mol. The van der Waals surface area contributed by atoms with Crippen LogP contribution in [0.3, 0.4) is 0 Å². The van der Waals surface area contributed by atoms with Crippen molar-refractivity contribution in [1.29, 1.82) is 0 Å². The average Bonchev–Trinajstić information content (AvgIpc) is 2.85. The predicted molar refractivity (Wildman–Crippen MR) is 130 cm³/mol. The van der Waals surface area contributed by atoms with E-state index in [0.29, 0.717) is 33.2 Å². The quantitative estimate of drug-likeness (QED) is 0.352. The minimum absolute atomic E-state index is 0.0105. The Morgan fingerprint density at radius 2 is 1.61 bits per heavy atom. The second-order valence-corrected chi connectivity index (χ2v) is 7.59. The molecule has 0 saturated heterocycles. The van der Waals surface area contributed by atoms with Gasteiger partial charge >= 0.3 is 0 Å². The summed E-state index contributed by atoms with van der Waals surface area (Å²) in [5, 5.41) is 11.3. The normalized spacial score (nSPS) is 11.2. The summed E-state index contributed by atoms with van der Waals surface area (Å²) in [4.78, 5) is 12.9. The third kappa shape index (κ3) is 4.38. The topological polar surface area (TPSA) is 78.1 Å². The molecule has 0 aliphatic carbocycles. The summed E-state index contributed by atoms with van der Waals surface area (Å²) in [7, 11) is 4.64. The fourth-order valence-electron chi connectivity index (χ4n) is 3.49. The summed E-state index contributed by atoms with van der Waals surface area (Å²) < 4.78 is 22.1. The van der Waals surface area contributed by atoms with E-state index < -0.39 is 11.2 Å². The first-order chi connectivity index (χ1) is 15.9. The van der Waals surface area contributed by atoms with Gasteiger partial charge in [-0.25, -0.2) is 0 Å². The lowest BCUT2D eigenvalue weighted by atomic mass is 10.00. The van der Waals surface area contributed by atoms with Crippen LogP contribution in [0.25, 0.3) is 34.4 Å². The predicted octanol–water partition coefficient (Wildman–Crippen LogP) is 6.02. The van der Waals surface area contributed by atoms with Crippen molar-refractivity contribution < 1.29 is 23.7 Å². The van der Waals surface area contributed by atoms with Gasteiger partial charge < -0.3 is 23.7 Å². The zero-order valence-corrected chi connectivity index (χ0v) is 19.0. The standard InChI is InChI=1S/C26H21ClO6/c1-30-18-9-5-15(6-10-18)4-7-16-12-19(31-2)14-22(32-3)23(16)26-25(29)24(28)20-13-17(27)8-11-21(20)33-26/h4-14,29H,1-3H3/b7-4+. The summed E-state index contributed by atoms with van der Waals surface area (Å²) in [5.74, 6) is 1.12. The van der Waals surface area contributed by atoms with Crippen LogP contribution < -0.4 is 19.6 Å². The molecular formula is C26H21ClO6. The molecule has 0 aliphatic heterocycles. The fraction of sp³-hybridized carbons (Fsp3) is 0.115. The number of benzene rings is 3. The van der Waals surface area contributed by atoms with Gasteiger partial charge in [0.05, 0.1) is 32.3 Å². The van der Waals surface area contributed by atoms with E-state index in [1.54, 1.807) is 38.5 Å². The van der Waals surface area contributed by atoms with Crippen molar-refractivity contribution in [1.82, 2.24) is 0 Å². The van der Waals surface area contributed by atoms with E-state index in [0.717, 1.165) is 11.3 Å². The molecule has 0 atom stereocenters. The molecule has 6 nitrogen and oxygen atoms in total. The number of methoxy groups -OCH3 is 3. The molecule has 0 unspecified atom stereocenters. The third-order valence-corrected chi connectivity index (χ3v) is 5.42. The smallest absolute Gasteiger partial charge is 0.235 e. The van der Waals surface area contributed by atoms with Gasteiger partial charge in [0.15, 0.2) is 5.76 Å². The van der Waals surface area contributed by atoms with Crippen LogP contribution in [0, 0.1) is 0 Å².